The first kappa shape index (κ1) is 11.4. The van der Waals surface area contributed by atoms with E-state index in [-0.39, 0.29) is 11.9 Å². The molecule has 16 heavy (non-hydrogen) atoms. The molecule has 1 aromatic rings. The van der Waals surface area contributed by atoms with Gasteiger partial charge in [-0.3, -0.25) is 4.79 Å². The molecule has 0 spiro atoms. The fourth-order valence-corrected chi connectivity index (χ4v) is 2.55. The van der Waals surface area contributed by atoms with Crippen LogP contribution < -0.4 is 5.73 Å². The van der Waals surface area contributed by atoms with Crippen LogP contribution in [0.3, 0.4) is 0 Å². The Labute approximate surface area is 103 Å². The highest BCUT2D eigenvalue weighted by molar-refractivity contribution is 7.80. The summed E-state index contributed by atoms with van der Waals surface area (Å²) >= 11 is 6.16. The Morgan fingerprint density at radius 2 is 2.44 bits per heavy atom. The van der Waals surface area contributed by atoms with E-state index in [0.29, 0.717) is 17.2 Å². The smallest absolute Gasteiger partial charge is 0.275 e. The van der Waals surface area contributed by atoms with Crippen molar-refractivity contribution in [2.24, 2.45) is 5.73 Å². The third kappa shape index (κ3) is 2.19. The summed E-state index contributed by atoms with van der Waals surface area (Å²) in [5.41, 5.74) is 6.04. The zero-order valence-electron chi connectivity index (χ0n) is 8.63. The molecule has 0 aliphatic carbocycles. The summed E-state index contributed by atoms with van der Waals surface area (Å²) in [6.45, 7) is 0.693. The molecule has 1 aliphatic heterocycles. The van der Waals surface area contributed by atoms with Gasteiger partial charge < -0.3 is 10.6 Å². The first-order valence-corrected chi connectivity index (χ1v) is 6.32. The van der Waals surface area contributed by atoms with Crippen molar-refractivity contribution in [2.75, 3.05) is 6.54 Å². The van der Waals surface area contributed by atoms with Crippen LogP contribution in [0.2, 0.25) is 0 Å². The van der Waals surface area contributed by atoms with E-state index in [1.807, 2.05) is 0 Å². The molecule has 7 heteroatoms. The standard InChI is InChI=1S/C9H12N4OS2/c10-8(15)7-3-1-2-4-13(7)9(14)6-5-16-12-11-6/h5,7H,1-4H2,(H2,10,15). The number of nitrogens with zero attached hydrogens (tertiary/aromatic N) is 3. The normalized spacial score (nSPS) is 20.8. The highest BCUT2D eigenvalue weighted by Crippen LogP contribution is 2.19. The van der Waals surface area contributed by atoms with E-state index < -0.39 is 0 Å². The Kier molecular flexibility index (Phi) is 3.45. The predicted octanol–water partition coefficient (Wildman–Crippen LogP) is 0.819. The minimum atomic E-state index is -0.127. The number of aromatic nitrogens is 2. The van der Waals surface area contributed by atoms with Gasteiger partial charge in [0.1, 0.15) is 0 Å². The number of likely N-dealkylation sites (tertiary alicyclic amines) is 1. The average molecular weight is 256 g/mol. The minimum absolute atomic E-state index is 0.119. The van der Waals surface area contributed by atoms with E-state index in [0.717, 1.165) is 19.3 Å². The lowest BCUT2D eigenvalue weighted by Gasteiger charge is -2.34. The molecule has 1 aliphatic rings. The lowest BCUT2D eigenvalue weighted by molar-refractivity contribution is 0.0675. The van der Waals surface area contributed by atoms with Crippen molar-refractivity contribution in [3.8, 4) is 0 Å². The Hall–Kier alpha value is -1.08. The van der Waals surface area contributed by atoms with Crippen LogP contribution in [0.1, 0.15) is 29.8 Å². The summed E-state index contributed by atoms with van der Waals surface area (Å²) in [6, 6.07) is -0.127. The van der Waals surface area contributed by atoms with Crippen molar-refractivity contribution < 1.29 is 4.79 Å². The summed E-state index contributed by atoms with van der Waals surface area (Å²) in [5, 5.41) is 5.42. The maximum Gasteiger partial charge on any atom is 0.275 e. The van der Waals surface area contributed by atoms with Gasteiger partial charge in [-0.25, -0.2) is 0 Å². The van der Waals surface area contributed by atoms with E-state index in [1.165, 1.54) is 11.5 Å². The SMILES string of the molecule is NC(=S)C1CCCCN1C(=O)c1csnn1. The molecule has 0 aromatic carbocycles. The second-order valence-corrected chi connectivity index (χ2v) is 4.78. The van der Waals surface area contributed by atoms with Crippen LogP contribution >= 0.6 is 23.8 Å². The van der Waals surface area contributed by atoms with E-state index in [9.17, 15) is 4.79 Å². The van der Waals surface area contributed by atoms with E-state index in [4.69, 9.17) is 18.0 Å². The molecule has 1 aromatic heterocycles. The molecule has 0 bridgehead atoms. The first-order valence-electron chi connectivity index (χ1n) is 5.07. The number of carbonyl (C=O) groups excluding carboxylic acids is 1. The van der Waals surface area contributed by atoms with Crippen LogP contribution in [-0.4, -0.2) is 38.0 Å². The van der Waals surface area contributed by atoms with Crippen LogP contribution in [0.15, 0.2) is 5.38 Å². The van der Waals surface area contributed by atoms with Gasteiger partial charge in [-0.1, -0.05) is 16.7 Å². The summed E-state index contributed by atoms with van der Waals surface area (Å²) in [6.07, 6.45) is 2.89. The topological polar surface area (TPSA) is 72.1 Å². The van der Waals surface area contributed by atoms with Gasteiger partial charge in [0.05, 0.1) is 11.0 Å². The van der Waals surface area contributed by atoms with Crippen LogP contribution in [0, 0.1) is 0 Å². The second kappa shape index (κ2) is 4.84. The van der Waals surface area contributed by atoms with Gasteiger partial charge in [-0.2, -0.15) is 0 Å². The molecule has 86 valence electrons. The van der Waals surface area contributed by atoms with Gasteiger partial charge in [0, 0.05) is 11.9 Å². The number of thiocarbonyl (C=S) groups is 1. The number of piperidine rings is 1. The molecule has 5 nitrogen and oxygen atoms in total. The number of carbonyl (C=O) groups is 1. The van der Waals surface area contributed by atoms with Crippen LogP contribution in [0.4, 0.5) is 0 Å². The van der Waals surface area contributed by atoms with Crippen LogP contribution in [0.5, 0.6) is 0 Å². The van der Waals surface area contributed by atoms with Crippen molar-refractivity contribution in [3.05, 3.63) is 11.1 Å². The Bertz CT molecular complexity index is 392. The number of amides is 1. The molecule has 1 unspecified atom stereocenters. The number of hydrogen-bond acceptors (Lipinski definition) is 5. The van der Waals surface area contributed by atoms with Crippen molar-refractivity contribution in [2.45, 2.75) is 25.3 Å². The largest absolute Gasteiger partial charge is 0.392 e. The average Bonchev–Trinajstić information content (AvgIpc) is 2.81. The summed E-state index contributed by atoms with van der Waals surface area (Å²) in [7, 11) is 0. The lowest BCUT2D eigenvalue weighted by atomic mass is 10.0. The Balaban J connectivity index is 2.17. The van der Waals surface area contributed by atoms with Crippen LogP contribution in [0.25, 0.3) is 0 Å². The first-order chi connectivity index (χ1) is 7.70. The molecule has 2 rings (SSSR count). The maximum atomic E-state index is 12.1. The predicted molar refractivity (Wildman–Crippen MR) is 65.4 cm³/mol. The fraction of sp³-hybridized carbons (Fsp3) is 0.556. The van der Waals surface area contributed by atoms with E-state index in [2.05, 4.69) is 9.59 Å². The molecule has 1 amide bonds. The van der Waals surface area contributed by atoms with Crippen molar-refractivity contribution in [3.63, 3.8) is 0 Å². The minimum Gasteiger partial charge on any atom is -0.392 e. The van der Waals surface area contributed by atoms with E-state index in [1.54, 1.807) is 10.3 Å². The van der Waals surface area contributed by atoms with Gasteiger partial charge in [0.25, 0.3) is 5.91 Å². The third-order valence-corrected chi connectivity index (χ3v) is 3.45. The molecule has 2 N–H and O–H groups in total. The van der Waals surface area contributed by atoms with Gasteiger partial charge in [-0.05, 0) is 30.8 Å². The van der Waals surface area contributed by atoms with Gasteiger partial charge in [0.2, 0.25) is 0 Å². The molecule has 0 radical (unpaired) electrons. The molecule has 1 atom stereocenters. The number of nitrogens with two attached hydrogens (primary N) is 1. The molecule has 0 saturated carbocycles. The van der Waals surface area contributed by atoms with Crippen molar-refractivity contribution >= 4 is 34.6 Å². The molecule has 1 fully saturated rings. The lowest BCUT2D eigenvalue weighted by Crippen LogP contribution is -2.49. The van der Waals surface area contributed by atoms with Crippen LogP contribution in [-0.2, 0) is 0 Å². The number of hydrogen-bond donors (Lipinski definition) is 1. The van der Waals surface area contributed by atoms with Crippen molar-refractivity contribution in [1.82, 2.24) is 14.5 Å². The molecular weight excluding hydrogens is 244 g/mol. The highest BCUT2D eigenvalue weighted by Gasteiger charge is 2.30. The van der Waals surface area contributed by atoms with Gasteiger partial charge in [-0.15, -0.1) is 5.10 Å². The number of rotatable bonds is 2. The second-order valence-electron chi connectivity index (χ2n) is 3.70. The molecular formula is C9H12N4OS2. The molecule has 2 heterocycles. The monoisotopic (exact) mass is 256 g/mol. The molecule has 1 saturated heterocycles. The fourth-order valence-electron chi connectivity index (χ4n) is 1.88. The Morgan fingerprint density at radius 3 is 3.06 bits per heavy atom. The summed E-state index contributed by atoms with van der Waals surface area (Å²) < 4.78 is 3.69. The summed E-state index contributed by atoms with van der Waals surface area (Å²) in [4.78, 5) is 14.2. The third-order valence-electron chi connectivity index (χ3n) is 2.67. The van der Waals surface area contributed by atoms with Gasteiger partial charge in [0.15, 0.2) is 5.69 Å². The zero-order valence-corrected chi connectivity index (χ0v) is 10.3. The van der Waals surface area contributed by atoms with Gasteiger partial charge >= 0.3 is 0 Å². The zero-order chi connectivity index (χ0) is 11.5. The van der Waals surface area contributed by atoms with E-state index >= 15 is 0 Å². The highest BCUT2D eigenvalue weighted by atomic mass is 32.1. The maximum absolute atomic E-state index is 12.1. The Morgan fingerprint density at radius 1 is 1.62 bits per heavy atom. The quantitative estimate of drug-likeness (QED) is 0.793. The summed E-state index contributed by atoms with van der Waals surface area (Å²) in [5.74, 6) is -0.119. The van der Waals surface area contributed by atoms with Crippen molar-refractivity contribution in [1.29, 1.82) is 0 Å².